The van der Waals surface area contributed by atoms with Gasteiger partial charge in [0.1, 0.15) is 5.82 Å². The quantitative estimate of drug-likeness (QED) is 0.480. The molecule has 112 valence electrons. The van der Waals surface area contributed by atoms with Gasteiger partial charge in [0.2, 0.25) is 0 Å². The van der Waals surface area contributed by atoms with Crippen LogP contribution in [0.15, 0.2) is 18.2 Å². The van der Waals surface area contributed by atoms with Gasteiger partial charge in [0.25, 0.3) is 5.91 Å². The van der Waals surface area contributed by atoms with Gasteiger partial charge in [-0.25, -0.2) is 4.39 Å². The second-order valence-corrected chi connectivity index (χ2v) is 5.93. The van der Waals surface area contributed by atoms with Gasteiger partial charge in [-0.15, -0.1) is 0 Å². The van der Waals surface area contributed by atoms with Crippen molar-refractivity contribution in [2.75, 3.05) is 6.54 Å². The van der Waals surface area contributed by atoms with Gasteiger partial charge >= 0.3 is 6.18 Å². The van der Waals surface area contributed by atoms with Crippen LogP contribution in [0.25, 0.3) is 0 Å². The van der Waals surface area contributed by atoms with Crippen molar-refractivity contribution in [2.45, 2.75) is 30.8 Å². The maximum absolute atomic E-state index is 13.1. The Morgan fingerprint density at radius 2 is 2.05 bits per heavy atom. The number of rotatable bonds is 5. The van der Waals surface area contributed by atoms with E-state index in [1.54, 1.807) is 0 Å². The Bertz CT molecular complexity index is 474. The molecule has 0 saturated heterocycles. The molecule has 0 aliphatic carbocycles. The van der Waals surface area contributed by atoms with Crippen molar-refractivity contribution >= 4 is 21.8 Å². The van der Waals surface area contributed by atoms with Crippen LogP contribution in [-0.4, -0.2) is 17.3 Å². The van der Waals surface area contributed by atoms with E-state index < -0.39 is 23.5 Å². The van der Waals surface area contributed by atoms with E-state index in [4.69, 9.17) is 0 Å². The topological polar surface area (TPSA) is 29.1 Å². The molecule has 0 spiro atoms. The smallest absolute Gasteiger partial charge is 0.352 e. The van der Waals surface area contributed by atoms with Crippen molar-refractivity contribution in [3.8, 4) is 0 Å². The molecule has 1 rings (SSSR count). The predicted octanol–water partition coefficient (Wildman–Crippen LogP) is 4.14. The lowest BCUT2D eigenvalue weighted by Crippen LogP contribution is -2.25. The van der Waals surface area contributed by atoms with E-state index >= 15 is 0 Å². The first-order valence-electron chi connectivity index (χ1n) is 6.01. The lowest BCUT2D eigenvalue weighted by Gasteiger charge is -2.10. The minimum atomic E-state index is -4.81. The van der Waals surface area contributed by atoms with E-state index in [2.05, 4.69) is 21.2 Å². The Hall–Kier alpha value is -1.11. The molecule has 1 aromatic carbocycles. The Balaban J connectivity index is 2.70. The van der Waals surface area contributed by atoms with E-state index in [9.17, 15) is 22.4 Å². The number of hydrogen-bond acceptors (Lipinski definition) is 1. The third-order valence-electron chi connectivity index (χ3n) is 2.60. The highest BCUT2D eigenvalue weighted by Gasteiger charge is 2.34. The molecule has 20 heavy (non-hydrogen) atoms. The Morgan fingerprint density at radius 3 is 2.60 bits per heavy atom. The Kier molecular flexibility index (Phi) is 5.98. The van der Waals surface area contributed by atoms with Gasteiger partial charge in [0, 0.05) is 16.9 Å². The molecule has 7 heteroatoms. The van der Waals surface area contributed by atoms with E-state index in [-0.39, 0.29) is 5.56 Å². The van der Waals surface area contributed by atoms with Crippen LogP contribution >= 0.6 is 15.9 Å². The number of benzene rings is 1. The number of carbonyl (C=O) groups excluding carboxylic acids is 1. The summed E-state index contributed by atoms with van der Waals surface area (Å²) < 4.78 is 50.6. The summed E-state index contributed by atoms with van der Waals surface area (Å²) in [5, 5.41) is 2.50. The largest absolute Gasteiger partial charge is 0.419 e. The van der Waals surface area contributed by atoms with E-state index in [0.717, 1.165) is 12.5 Å². The molecule has 0 saturated carbocycles. The van der Waals surface area contributed by atoms with Crippen molar-refractivity contribution in [3.05, 3.63) is 35.1 Å². The normalized spacial score (nSPS) is 13.1. The summed E-state index contributed by atoms with van der Waals surface area (Å²) >= 11 is 3.35. The molecule has 0 aliphatic heterocycles. The number of halogens is 5. The minimum Gasteiger partial charge on any atom is -0.352 e. The summed E-state index contributed by atoms with van der Waals surface area (Å²) in [4.78, 5) is 12.0. The molecule has 0 fully saturated rings. The highest BCUT2D eigenvalue weighted by Crippen LogP contribution is 2.31. The molecule has 0 radical (unpaired) electrons. The summed E-state index contributed by atoms with van der Waals surface area (Å²) in [5.74, 6) is -2.03. The molecule has 0 aliphatic rings. The predicted molar refractivity (Wildman–Crippen MR) is 71.4 cm³/mol. The molecule has 1 amide bonds. The van der Waals surface area contributed by atoms with Crippen LogP contribution in [0.4, 0.5) is 17.6 Å². The van der Waals surface area contributed by atoms with Crippen molar-refractivity contribution in [1.29, 1.82) is 0 Å². The monoisotopic (exact) mass is 355 g/mol. The molecule has 1 N–H and O–H groups in total. The fourth-order valence-electron chi connectivity index (χ4n) is 1.57. The number of carbonyl (C=O) groups is 1. The lowest BCUT2D eigenvalue weighted by atomic mass is 10.1. The highest BCUT2D eigenvalue weighted by molar-refractivity contribution is 9.09. The van der Waals surface area contributed by atoms with E-state index in [0.29, 0.717) is 29.9 Å². The maximum Gasteiger partial charge on any atom is 0.419 e. The van der Waals surface area contributed by atoms with Crippen molar-refractivity contribution in [1.82, 2.24) is 5.32 Å². The SMILES string of the molecule is CC(Br)CCCNC(=O)c1ccc(F)c(C(F)(F)F)c1. The van der Waals surface area contributed by atoms with Crippen LogP contribution in [0.2, 0.25) is 0 Å². The molecule has 1 aromatic rings. The Labute approximate surface area is 122 Å². The average Bonchev–Trinajstić information content (AvgIpc) is 2.33. The standard InChI is InChI=1S/C13H14BrF4NO/c1-8(14)3-2-6-19-12(20)9-4-5-11(15)10(7-9)13(16,17)18/h4-5,7-8H,2-3,6H2,1H3,(H,19,20). The highest BCUT2D eigenvalue weighted by atomic mass is 79.9. The molecular formula is C13H14BrF4NO. The molecule has 1 unspecified atom stereocenters. The summed E-state index contributed by atoms with van der Waals surface area (Å²) in [7, 11) is 0. The van der Waals surface area contributed by atoms with Crippen LogP contribution in [0, 0.1) is 5.82 Å². The first-order chi connectivity index (χ1) is 9.21. The molecule has 0 bridgehead atoms. The fourth-order valence-corrected chi connectivity index (χ4v) is 1.89. The zero-order chi connectivity index (χ0) is 15.3. The number of nitrogens with one attached hydrogen (secondary N) is 1. The van der Waals surface area contributed by atoms with E-state index in [1.165, 1.54) is 0 Å². The van der Waals surface area contributed by atoms with E-state index in [1.807, 2.05) is 6.92 Å². The zero-order valence-electron chi connectivity index (χ0n) is 10.7. The van der Waals surface area contributed by atoms with Gasteiger partial charge in [-0.1, -0.05) is 22.9 Å². The second-order valence-electron chi connectivity index (χ2n) is 4.37. The number of alkyl halides is 4. The first-order valence-corrected chi connectivity index (χ1v) is 6.92. The molecule has 2 nitrogen and oxygen atoms in total. The summed E-state index contributed by atoms with van der Waals surface area (Å²) in [6.07, 6.45) is -3.28. The molecular weight excluding hydrogens is 342 g/mol. The number of amides is 1. The minimum absolute atomic E-state index is 0.203. The summed E-state index contributed by atoms with van der Waals surface area (Å²) in [6.45, 7) is 2.31. The van der Waals surface area contributed by atoms with Crippen molar-refractivity contribution < 1.29 is 22.4 Å². The first kappa shape index (κ1) is 16.9. The van der Waals surface area contributed by atoms with Gasteiger partial charge in [0.05, 0.1) is 5.56 Å². The summed E-state index contributed by atoms with van der Waals surface area (Å²) in [6, 6.07) is 2.21. The average molecular weight is 356 g/mol. The van der Waals surface area contributed by atoms with Crippen LogP contribution in [0.1, 0.15) is 35.7 Å². The van der Waals surface area contributed by atoms with Crippen LogP contribution in [-0.2, 0) is 6.18 Å². The van der Waals surface area contributed by atoms with Crippen LogP contribution in [0.5, 0.6) is 0 Å². The second kappa shape index (κ2) is 7.06. The third kappa shape index (κ3) is 5.11. The maximum atomic E-state index is 13.1. The van der Waals surface area contributed by atoms with Crippen LogP contribution in [0.3, 0.4) is 0 Å². The van der Waals surface area contributed by atoms with Gasteiger partial charge in [-0.3, -0.25) is 4.79 Å². The van der Waals surface area contributed by atoms with Gasteiger partial charge in [0.15, 0.2) is 0 Å². The van der Waals surface area contributed by atoms with Crippen molar-refractivity contribution in [3.63, 3.8) is 0 Å². The molecule has 0 heterocycles. The third-order valence-corrected chi connectivity index (χ3v) is 3.06. The summed E-state index contributed by atoms with van der Waals surface area (Å²) in [5.41, 5.74) is -1.63. The fraction of sp³-hybridized carbons (Fsp3) is 0.462. The van der Waals surface area contributed by atoms with Gasteiger partial charge in [-0.05, 0) is 31.0 Å². The van der Waals surface area contributed by atoms with Crippen molar-refractivity contribution in [2.24, 2.45) is 0 Å². The lowest BCUT2D eigenvalue weighted by molar-refractivity contribution is -0.140. The molecule has 0 aromatic heterocycles. The molecule has 1 atom stereocenters. The van der Waals surface area contributed by atoms with Gasteiger partial charge in [-0.2, -0.15) is 13.2 Å². The van der Waals surface area contributed by atoms with Gasteiger partial charge < -0.3 is 5.32 Å². The van der Waals surface area contributed by atoms with Crippen LogP contribution < -0.4 is 5.32 Å². The zero-order valence-corrected chi connectivity index (χ0v) is 12.3. The number of hydrogen-bond donors (Lipinski definition) is 1. The Morgan fingerprint density at radius 1 is 1.40 bits per heavy atom.